The van der Waals surface area contributed by atoms with E-state index in [4.69, 9.17) is 5.26 Å². The Kier molecular flexibility index (Phi) is 3.29. The quantitative estimate of drug-likeness (QED) is 0.684. The standard InChI is InChI=1S/C18H14N2O/c1-13-9-14(10-19)5-6-16(13)11-20-8-7-15-3-2-4-17(12-21)18(15)20/h2-9,12H,11H2,1H3. The molecule has 0 bridgehead atoms. The molecule has 3 aromatic rings. The number of nitrogens with zero attached hydrogens (tertiary/aromatic N) is 2. The zero-order valence-corrected chi connectivity index (χ0v) is 11.7. The van der Waals surface area contributed by atoms with Gasteiger partial charge in [0.1, 0.15) is 0 Å². The Balaban J connectivity index is 2.07. The summed E-state index contributed by atoms with van der Waals surface area (Å²) in [6.45, 7) is 2.69. The minimum absolute atomic E-state index is 0.669. The second-order valence-electron chi connectivity index (χ2n) is 5.10. The minimum atomic E-state index is 0.669. The molecule has 0 spiro atoms. The van der Waals surface area contributed by atoms with Crippen LogP contribution in [0, 0.1) is 18.3 Å². The van der Waals surface area contributed by atoms with E-state index in [1.54, 1.807) is 0 Å². The molecule has 0 unspecified atom stereocenters. The van der Waals surface area contributed by atoms with E-state index < -0.39 is 0 Å². The molecular weight excluding hydrogens is 260 g/mol. The van der Waals surface area contributed by atoms with Gasteiger partial charge in [-0.15, -0.1) is 0 Å². The largest absolute Gasteiger partial charge is 0.342 e. The number of hydrogen-bond donors (Lipinski definition) is 0. The van der Waals surface area contributed by atoms with Gasteiger partial charge in [-0.25, -0.2) is 0 Å². The van der Waals surface area contributed by atoms with E-state index in [1.165, 1.54) is 0 Å². The second kappa shape index (κ2) is 5.26. The van der Waals surface area contributed by atoms with Crippen molar-refractivity contribution < 1.29 is 4.79 Å². The van der Waals surface area contributed by atoms with E-state index in [1.807, 2.05) is 55.6 Å². The van der Waals surface area contributed by atoms with E-state index in [2.05, 4.69) is 10.6 Å². The van der Waals surface area contributed by atoms with Crippen LogP contribution in [0.4, 0.5) is 0 Å². The lowest BCUT2D eigenvalue weighted by Gasteiger charge is -2.10. The third kappa shape index (κ3) is 2.32. The molecule has 102 valence electrons. The molecule has 0 radical (unpaired) electrons. The first-order valence-electron chi connectivity index (χ1n) is 6.75. The smallest absolute Gasteiger partial charge is 0.152 e. The number of rotatable bonds is 3. The Morgan fingerprint density at radius 2 is 2.10 bits per heavy atom. The van der Waals surface area contributed by atoms with Crippen molar-refractivity contribution in [3.8, 4) is 6.07 Å². The number of carbonyl (C=O) groups is 1. The summed E-state index contributed by atoms with van der Waals surface area (Å²) in [5.74, 6) is 0. The van der Waals surface area contributed by atoms with Gasteiger partial charge in [-0.1, -0.05) is 18.2 Å². The zero-order valence-electron chi connectivity index (χ0n) is 11.7. The van der Waals surface area contributed by atoms with E-state index >= 15 is 0 Å². The Hall–Kier alpha value is -2.86. The Morgan fingerprint density at radius 1 is 1.24 bits per heavy atom. The Labute approximate surface area is 123 Å². The average Bonchev–Trinajstić information content (AvgIpc) is 2.92. The van der Waals surface area contributed by atoms with E-state index in [-0.39, 0.29) is 0 Å². The van der Waals surface area contributed by atoms with Crippen LogP contribution < -0.4 is 0 Å². The summed E-state index contributed by atoms with van der Waals surface area (Å²) in [6, 6.07) is 15.6. The van der Waals surface area contributed by atoms with Crippen LogP contribution in [0.5, 0.6) is 0 Å². The van der Waals surface area contributed by atoms with Crippen LogP contribution in [0.1, 0.15) is 27.0 Å². The number of hydrogen-bond acceptors (Lipinski definition) is 2. The fourth-order valence-corrected chi connectivity index (χ4v) is 2.64. The fourth-order valence-electron chi connectivity index (χ4n) is 2.64. The molecule has 0 aliphatic rings. The maximum absolute atomic E-state index is 11.2. The molecule has 3 nitrogen and oxygen atoms in total. The van der Waals surface area contributed by atoms with Crippen LogP contribution in [0.25, 0.3) is 10.9 Å². The summed E-state index contributed by atoms with van der Waals surface area (Å²) < 4.78 is 2.08. The fraction of sp³-hybridized carbons (Fsp3) is 0.111. The highest BCUT2D eigenvalue weighted by molar-refractivity contribution is 5.96. The van der Waals surface area contributed by atoms with Crippen molar-refractivity contribution in [1.82, 2.24) is 4.57 Å². The monoisotopic (exact) mass is 274 g/mol. The van der Waals surface area contributed by atoms with Crippen molar-refractivity contribution in [2.45, 2.75) is 13.5 Å². The molecule has 3 rings (SSSR count). The first kappa shape index (κ1) is 13.1. The summed E-state index contributed by atoms with van der Waals surface area (Å²) in [6.07, 6.45) is 2.89. The topological polar surface area (TPSA) is 45.8 Å². The molecule has 1 aromatic heterocycles. The van der Waals surface area contributed by atoms with Crippen LogP contribution >= 0.6 is 0 Å². The third-order valence-corrected chi connectivity index (χ3v) is 3.76. The predicted molar refractivity (Wildman–Crippen MR) is 82.3 cm³/mol. The van der Waals surface area contributed by atoms with Gasteiger partial charge >= 0.3 is 0 Å². The lowest BCUT2D eigenvalue weighted by Crippen LogP contribution is -2.02. The van der Waals surface area contributed by atoms with Crippen molar-refractivity contribution >= 4 is 17.2 Å². The first-order chi connectivity index (χ1) is 10.2. The molecular formula is C18H14N2O. The SMILES string of the molecule is Cc1cc(C#N)ccc1Cn1ccc2cccc(C=O)c21. The summed E-state index contributed by atoms with van der Waals surface area (Å²) in [4.78, 5) is 11.2. The van der Waals surface area contributed by atoms with Crippen LogP contribution in [-0.2, 0) is 6.54 Å². The van der Waals surface area contributed by atoms with Crippen molar-refractivity contribution in [2.24, 2.45) is 0 Å². The maximum Gasteiger partial charge on any atom is 0.152 e. The van der Waals surface area contributed by atoms with Crippen molar-refractivity contribution in [3.63, 3.8) is 0 Å². The van der Waals surface area contributed by atoms with E-state index in [0.717, 1.165) is 28.3 Å². The lowest BCUT2D eigenvalue weighted by atomic mass is 10.1. The number of fused-ring (bicyclic) bond motifs is 1. The number of nitriles is 1. The summed E-state index contributed by atoms with van der Waals surface area (Å²) >= 11 is 0. The molecule has 0 atom stereocenters. The van der Waals surface area contributed by atoms with Gasteiger partial charge in [-0.3, -0.25) is 4.79 Å². The van der Waals surface area contributed by atoms with Crippen LogP contribution in [-0.4, -0.2) is 10.9 Å². The number of para-hydroxylation sites is 1. The molecule has 0 aliphatic carbocycles. The Bertz CT molecular complexity index is 869. The van der Waals surface area contributed by atoms with Gasteiger partial charge in [-0.05, 0) is 42.3 Å². The van der Waals surface area contributed by atoms with Gasteiger partial charge in [0.05, 0.1) is 17.1 Å². The molecule has 0 fully saturated rings. The normalized spacial score (nSPS) is 10.5. The molecule has 0 aliphatic heterocycles. The van der Waals surface area contributed by atoms with Crippen molar-refractivity contribution in [1.29, 1.82) is 5.26 Å². The molecule has 0 saturated heterocycles. The Morgan fingerprint density at radius 3 is 2.81 bits per heavy atom. The highest BCUT2D eigenvalue weighted by Crippen LogP contribution is 2.21. The third-order valence-electron chi connectivity index (χ3n) is 3.76. The maximum atomic E-state index is 11.2. The zero-order chi connectivity index (χ0) is 14.8. The highest BCUT2D eigenvalue weighted by Gasteiger charge is 2.08. The highest BCUT2D eigenvalue weighted by atomic mass is 16.1. The summed E-state index contributed by atoms with van der Waals surface area (Å²) in [5, 5.41) is 9.99. The van der Waals surface area contributed by atoms with Gasteiger partial charge in [0.2, 0.25) is 0 Å². The van der Waals surface area contributed by atoms with E-state index in [0.29, 0.717) is 17.7 Å². The van der Waals surface area contributed by atoms with Crippen LogP contribution in [0.3, 0.4) is 0 Å². The molecule has 0 amide bonds. The van der Waals surface area contributed by atoms with Gasteiger partial charge in [0.15, 0.2) is 6.29 Å². The van der Waals surface area contributed by atoms with Crippen molar-refractivity contribution in [3.05, 3.63) is 70.9 Å². The lowest BCUT2D eigenvalue weighted by molar-refractivity contribution is 0.112. The van der Waals surface area contributed by atoms with Gasteiger partial charge in [0.25, 0.3) is 0 Å². The van der Waals surface area contributed by atoms with Gasteiger partial charge in [0, 0.05) is 23.7 Å². The minimum Gasteiger partial charge on any atom is -0.342 e. The molecule has 2 aromatic carbocycles. The van der Waals surface area contributed by atoms with E-state index in [9.17, 15) is 4.79 Å². The predicted octanol–water partition coefficient (Wildman–Crippen LogP) is 3.68. The number of carbonyl (C=O) groups excluding carboxylic acids is 1. The first-order valence-corrected chi connectivity index (χ1v) is 6.75. The van der Waals surface area contributed by atoms with Crippen molar-refractivity contribution in [2.75, 3.05) is 0 Å². The average molecular weight is 274 g/mol. The van der Waals surface area contributed by atoms with Gasteiger partial charge in [-0.2, -0.15) is 5.26 Å². The molecule has 0 saturated carbocycles. The number of aldehydes is 1. The molecule has 3 heteroatoms. The van der Waals surface area contributed by atoms with Crippen LogP contribution in [0.2, 0.25) is 0 Å². The summed E-state index contributed by atoms with van der Waals surface area (Å²) in [7, 11) is 0. The molecule has 0 N–H and O–H groups in total. The summed E-state index contributed by atoms with van der Waals surface area (Å²) in [5.41, 5.74) is 4.55. The van der Waals surface area contributed by atoms with Gasteiger partial charge < -0.3 is 4.57 Å². The van der Waals surface area contributed by atoms with Crippen LogP contribution in [0.15, 0.2) is 48.7 Å². The number of benzene rings is 2. The molecule has 21 heavy (non-hydrogen) atoms. The second-order valence-corrected chi connectivity index (χ2v) is 5.10. The molecule has 1 heterocycles. The number of aromatic nitrogens is 1. The number of aryl methyl sites for hydroxylation is 1.